The molecule has 1 heterocycles. The molecule has 0 fully saturated rings. The summed E-state index contributed by atoms with van der Waals surface area (Å²) >= 11 is 0. The molecule has 0 aliphatic rings. The lowest BCUT2D eigenvalue weighted by atomic mass is 10.1. The van der Waals surface area contributed by atoms with Gasteiger partial charge in [0.25, 0.3) is 0 Å². The fraction of sp³-hybridized carbons (Fsp3) is 0.200. The van der Waals surface area contributed by atoms with E-state index >= 15 is 0 Å². The van der Waals surface area contributed by atoms with Crippen LogP contribution in [0.3, 0.4) is 0 Å². The summed E-state index contributed by atoms with van der Waals surface area (Å²) in [5.74, 6) is -0.138. The molecule has 2 rings (SSSR count). The summed E-state index contributed by atoms with van der Waals surface area (Å²) in [7, 11) is 3.94. The molecule has 104 valence electrons. The minimum atomic E-state index is -0.138. The normalized spacial score (nSPS) is 10.2. The average Bonchev–Trinajstić information content (AvgIpc) is 2.38. The van der Waals surface area contributed by atoms with E-state index in [0.29, 0.717) is 11.4 Å². The number of rotatable bonds is 3. The molecular formula is C15H18N4O. The first-order valence-corrected chi connectivity index (χ1v) is 6.28. The molecule has 1 aromatic carbocycles. The smallest absolute Gasteiger partial charge is 0.221 e. The van der Waals surface area contributed by atoms with Crippen LogP contribution in [0.25, 0.3) is 11.3 Å². The van der Waals surface area contributed by atoms with Crippen molar-refractivity contribution >= 4 is 23.0 Å². The number of aromatic nitrogens is 1. The third kappa shape index (κ3) is 3.06. The molecule has 1 aromatic heterocycles. The number of hydrogen-bond donors (Lipinski definition) is 2. The van der Waals surface area contributed by atoms with Gasteiger partial charge in [-0.05, 0) is 30.3 Å². The molecular weight excluding hydrogens is 252 g/mol. The van der Waals surface area contributed by atoms with Gasteiger partial charge in [0.05, 0.1) is 11.4 Å². The van der Waals surface area contributed by atoms with E-state index in [1.807, 2.05) is 37.2 Å². The van der Waals surface area contributed by atoms with Gasteiger partial charge in [0.2, 0.25) is 5.91 Å². The minimum Gasteiger partial charge on any atom is -0.399 e. The molecule has 0 bridgehead atoms. The van der Waals surface area contributed by atoms with Crippen LogP contribution in [0, 0.1) is 0 Å². The Hall–Kier alpha value is -2.56. The first-order chi connectivity index (χ1) is 9.47. The van der Waals surface area contributed by atoms with Crippen molar-refractivity contribution in [3.8, 4) is 11.3 Å². The number of amides is 1. The number of nitrogens with two attached hydrogens (primary N) is 1. The number of carbonyl (C=O) groups excluding carboxylic acids is 1. The lowest BCUT2D eigenvalue weighted by Crippen LogP contribution is -2.10. The van der Waals surface area contributed by atoms with Crippen molar-refractivity contribution in [1.82, 2.24) is 4.98 Å². The van der Waals surface area contributed by atoms with E-state index in [0.717, 1.165) is 16.9 Å². The zero-order valence-electron chi connectivity index (χ0n) is 11.8. The van der Waals surface area contributed by atoms with E-state index in [2.05, 4.69) is 10.3 Å². The number of nitrogens with one attached hydrogen (secondary N) is 1. The molecule has 20 heavy (non-hydrogen) atoms. The van der Waals surface area contributed by atoms with Gasteiger partial charge in [-0.1, -0.05) is 0 Å². The highest BCUT2D eigenvalue weighted by atomic mass is 16.1. The SMILES string of the molecule is CC(=O)Nc1cc(N)ccc1-c1cc(N(C)C)ccn1. The first kappa shape index (κ1) is 13.9. The van der Waals surface area contributed by atoms with E-state index in [4.69, 9.17) is 5.73 Å². The van der Waals surface area contributed by atoms with E-state index < -0.39 is 0 Å². The number of carbonyl (C=O) groups is 1. The Labute approximate surface area is 118 Å². The summed E-state index contributed by atoms with van der Waals surface area (Å²) < 4.78 is 0. The van der Waals surface area contributed by atoms with Crippen molar-refractivity contribution in [2.75, 3.05) is 30.0 Å². The lowest BCUT2D eigenvalue weighted by Gasteiger charge is -2.15. The zero-order chi connectivity index (χ0) is 14.7. The third-order valence-corrected chi connectivity index (χ3v) is 2.89. The van der Waals surface area contributed by atoms with Gasteiger partial charge in [-0.2, -0.15) is 0 Å². The predicted molar refractivity (Wildman–Crippen MR) is 82.7 cm³/mol. The standard InChI is InChI=1S/C15H18N4O/c1-10(20)18-15-8-11(16)4-5-13(15)14-9-12(19(2)3)6-7-17-14/h4-9H,16H2,1-3H3,(H,18,20). The number of hydrogen-bond acceptors (Lipinski definition) is 4. The monoisotopic (exact) mass is 270 g/mol. The molecule has 0 saturated heterocycles. The summed E-state index contributed by atoms with van der Waals surface area (Å²) in [4.78, 5) is 17.7. The second kappa shape index (κ2) is 5.61. The van der Waals surface area contributed by atoms with E-state index in [1.165, 1.54) is 6.92 Å². The molecule has 5 nitrogen and oxygen atoms in total. The van der Waals surface area contributed by atoms with Crippen LogP contribution in [0.2, 0.25) is 0 Å². The zero-order valence-corrected chi connectivity index (χ0v) is 11.8. The summed E-state index contributed by atoms with van der Waals surface area (Å²) in [6, 6.07) is 9.30. The van der Waals surface area contributed by atoms with Gasteiger partial charge >= 0.3 is 0 Å². The van der Waals surface area contributed by atoms with Crippen LogP contribution in [0.1, 0.15) is 6.92 Å². The molecule has 3 N–H and O–H groups in total. The first-order valence-electron chi connectivity index (χ1n) is 6.28. The Balaban J connectivity index is 2.51. The van der Waals surface area contributed by atoms with Crippen LogP contribution in [-0.2, 0) is 4.79 Å². The highest BCUT2D eigenvalue weighted by Gasteiger charge is 2.09. The van der Waals surface area contributed by atoms with Crippen LogP contribution >= 0.6 is 0 Å². The molecule has 0 spiro atoms. The van der Waals surface area contributed by atoms with Crippen molar-refractivity contribution < 1.29 is 4.79 Å². The molecule has 0 aliphatic carbocycles. The van der Waals surface area contributed by atoms with Crippen LogP contribution in [0.4, 0.5) is 17.1 Å². The van der Waals surface area contributed by atoms with Gasteiger partial charge in [0.15, 0.2) is 0 Å². The van der Waals surface area contributed by atoms with Gasteiger partial charge in [0.1, 0.15) is 0 Å². The van der Waals surface area contributed by atoms with Gasteiger partial charge < -0.3 is 16.0 Å². The quantitative estimate of drug-likeness (QED) is 0.840. The van der Waals surface area contributed by atoms with Crippen molar-refractivity contribution in [3.05, 3.63) is 36.5 Å². The van der Waals surface area contributed by atoms with Crippen LogP contribution in [-0.4, -0.2) is 25.0 Å². The minimum absolute atomic E-state index is 0.138. The van der Waals surface area contributed by atoms with Crippen LogP contribution in [0.15, 0.2) is 36.5 Å². The van der Waals surface area contributed by atoms with Crippen molar-refractivity contribution in [2.45, 2.75) is 6.92 Å². The Morgan fingerprint density at radius 3 is 2.65 bits per heavy atom. The molecule has 5 heteroatoms. The highest BCUT2D eigenvalue weighted by Crippen LogP contribution is 2.30. The maximum Gasteiger partial charge on any atom is 0.221 e. The fourth-order valence-corrected chi connectivity index (χ4v) is 1.92. The topological polar surface area (TPSA) is 71.2 Å². The molecule has 0 aliphatic heterocycles. The number of nitrogens with zero attached hydrogens (tertiary/aromatic N) is 2. The Morgan fingerprint density at radius 2 is 2.00 bits per heavy atom. The van der Waals surface area contributed by atoms with Gasteiger partial charge in [-0.3, -0.25) is 9.78 Å². The number of anilines is 3. The summed E-state index contributed by atoms with van der Waals surface area (Å²) in [6.07, 6.45) is 1.75. The summed E-state index contributed by atoms with van der Waals surface area (Å²) in [5, 5.41) is 2.79. The van der Waals surface area contributed by atoms with Gasteiger partial charge in [-0.25, -0.2) is 0 Å². The molecule has 1 amide bonds. The predicted octanol–water partition coefficient (Wildman–Crippen LogP) is 2.36. The number of pyridine rings is 1. The van der Waals surface area contributed by atoms with Crippen molar-refractivity contribution in [3.63, 3.8) is 0 Å². The third-order valence-electron chi connectivity index (χ3n) is 2.89. The second-order valence-electron chi connectivity index (χ2n) is 4.78. The van der Waals surface area contributed by atoms with E-state index in [9.17, 15) is 4.79 Å². The Kier molecular flexibility index (Phi) is 3.89. The number of benzene rings is 1. The maximum absolute atomic E-state index is 11.3. The molecule has 0 radical (unpaired) electrons. The van der Waals surface area contributed by atoms with Gasteiger partial charge in [-0.15, -0.1) is 0 Å². The van der Waals surface area contributed by atoms with Crippen molar-refractivity contribution in [1.29, 1.82) is 0 Å². The van der Waals surface area contributed by atoms with Crippen LogP contribution in [0.5, 0.6) is 0 Å². The highest BCUT2D eigenvalue weighted by molar-refractivity contribution is 5.94. The maximum atomic E-state index is 11.3. The fourth-order valence-electron chi connectivity index (χ4n) is 1.92. The van der Waals surface area contributed by atoms with E-state index in [-0.39, 0.29) is 5.91 Å². The van der Waals surface area contributed by atoms with Crippen molar-refractivity contribution in [2.24, 2.45) is 0 Å². The Bertz CT molecular complexity index is 638. The average molecular weight is 270 g/mol. The lowest BCUT2D eigenvalue weighted by molar-refractivity contribution is -0.114. The number of nitrogen functional groups attached to an aromatic ring is 1. The van der Waals surface area contributed by atoms with Crippen LogP contribution < -0.4 is 16.0 Å². The molecule has 0 unspecified atom stereocenters. The van der Waals surface area contributed by atoms with E-state index in [1.54, 1.807) is 18.3 Å². The summed E-state index contributed by atoms with van der Waals surface area (Å²) in [5.41, 5.74) is 9.72. The Morgan fingerprint density at radius 1 is 1.25 bits per heavy atom. The second-order valence-corrected chi connectivity index (χ2v) is 4.78. The summed E-state index contributed by atoms with van der Waals surface area (Å²) in [6.45, 7) is 1.47. The molecule has 0 saturated carbocycles. The largest absolute Gasteiger partial charge is 0.399 e. The van der Waals surface area contributed by atoms with Gasteiger partial charge in [0, 0.05) is 44.2 Å². The molecule has 0 atom stereocenters. The molecule has 2 aromatic rings.